The molecule has 6 heterocycles. The fraction of sp³-hybridized carbons (Fsp3) is 0.500. The lowest BCUT2D eigenvalue weighted by Crippen LogP contribution is -2.32. The van der Waals surface area contributed by atoms with Crippen molar-refractivity contribution in [3.8, 4) is 0 Å². The molecule has 0 bridgehead atoms. The van der Waals surface area contributed by atoms with Gasteiger partial charge < -0.3 is 30.6 Å². The van der Waals surface area contributed by atoms with E-state index < -0.39 is 75.7 Å². The first kappa shape index (κ1) is 31.3. The van der Waals surface area contributed by atoms with Crippen molar-refractivity contribution in [2.45, 2.75) is 49.3 Å². The highest BCUT2D eigenvalue weighted by molar-refractivity contribution is 8.44. The van der Waals surface area contributed by atoms with E-state index in [1.807, 2.05) is 0 Å². The second-order valence-corrected chi connectivity index (χ2v) is 14.4. The van der Waals surface area contributed by atoms with Crippen LogP contribution in [0.25, 0.3) is 16.8 Å². The van der Waals surface area contributed by atoms with Crippen molar-refractivity contribution in [1.82, 2.24) is 39.1 Å². The van der Waals surface area contributed by atoms with Crippen molar-refractivity contribution in [1.29, 1.82) is 0 Å². The van der Waals surface area contributed by atoms with Crippen LogP contribution < -0.4 is 17.0 Å². The van der Waals surface area contributed by atoms with Gasteiger partial charge in [-0.05, 0) is 0 Å². The lowest BCUT2D eigenvalue weighted by Gasteiger charge is -2.25. The summed E-state index contributed by atoms with van der Waals surface area (Å²) in [6, 6.07) is 0. The summed E-state index contributed by atoms with van der Waals surface area (Å²) in [7, 11) is -2.75. The number of nitrogens with one attached hydrogen (secondary N) is 1. The first-order valence-corrected chi connectivity index (χ1v) is 18.0. The number of H-pyrrole nitrogens is 1. The number of aromatic amines is 1. The molecule has 9 atom stereocenters. The normalized spacial score (nSPS) is 29.4. The van der Waals surface area contributed by atoms with Crippen molar-refractivity contribution in [3.05, 3.63) is 34.8 Å². The van der Waals surface area contributed by atoms with Gasteiger partial charge in [-0.2, -0.15) is 14.6 Å². The molecule has 0 aliphatic carbocycles. The first-order chi connectivity index (χ1) is 21.0. The Morgan fingerprint density at radius 1 is 1.25 bits per heavy atom. The summed E-state index contributed by atoms with van der Waals surface area (Å²) in [4.78, 5) is 30.6. The van der Waals surface area contributed by atoms with E-state index in [2.05, 4.69) is 54.5 Å². The van der Waals surface area contributed by atoms with E-state index >= 15 is 4.39 Å². The SMILES string of the molecule is Nc1nc2c(ncn2[C@@H]2O[C@H](CO)[C@@H](F)[C@H]2OP(=O)(S)OC[C@H]2O[C@@H](c3cnn4c(N)ncnc34)C[C@@H]2O[PH](=O)S)c(=O)[nH]1. The predicted molar refractivity (Wildman–Crippen MR) is 156 cm³/mol. The standard InChI is InChI=1S/C20H25FN10O9P2S2/c21-12-10(3-32)38-18(30-6-26-13-16(30)28-19(22)29-17(13)33)14(12)40-42(35,44)36-4-11-9(39-41(34)43)1-8(37-11)7-2-27-31-15(7)24-5-25-20(31)23/h2,5-6,8-12,14,18,32,41H,1,3-4H2,(H,34,43)(H,35,44)(H2,23,24,25)(H3,22,28,29,33)/t8-,9+,10-,11-,12-,14-,18-,42?/m1/s1. The van der Waals surface area contributed by atoms with Crippen LogP contribution in [0.15, 0.2) is 23.6 Å². The smallest absolute Gasteiger partial charge is 0.386 e. The molecule has 2 saturated heterocycles. The maximum atomic E-state index is 15.4. The minimum Gasteiger partial charge on any atom is -0.394 e. The number of ether oxygens (including phenoxy) is 2. The average molecular weight is 695 g/mol. The van der Waals surface area contributed by atoms with E-state index in [0.29, 0.717) is 11.2 Å². The van der Waals surface area contributed by atoms with Gasteiger partial charge in [0.05, 0.1) is 37.9 Å². The van der Waals surface area contributed by atoms with Crippen LogP contribution in [-0.2, 0) is 32.2 Å². The molecule has 4 aromatic heterocycles. The number of imidazole rings is 1. The number of halogens is 1. The molecule has 6 N–H and O–H groups in total. The van der Waals surface area contributed by atoms with Crippen LogP contribution in [-0.4, -0.2) is 88.0 Å². The molecule has 6 rings (SSSR count). The molecule has 19 nitrogen and oxygen atoms in total. The summed E-state index contributed by atoms with van der Waals surface area (Å²) in [5.41, 5.74) is 11.5. The molecule has 2 fully saturated rings. The lowest BCUT2D eigenvalue weighted by atomic mass is 10.1. The number of anilines is 2. The van der Waals surface area contributed by atoms with E-state index in [-0.39, 0.29) is 29.5 Å². The minimum absolute atomic E-state index is 0.0716. The Morgan fingerprint density at radius 2 is 2.05 bits per heavy atom. The second kappa shape index (κ2) is 12.3. The summed E-state index contributed by atoms with van der Waals surface area (Å²) in [6.07, 6.45) is -4.93. The van der Waals surface area contributed by atoms with Crippen molar-refractivity contribution in [2.24, 2.45) is 0 Å². The van der Waals surface area contributed by atoms with E-state index in [4.69, 9.17) is 34.5 Å². The van der Waals surface area contributed by atoms with E-state index in [1.54, 1.807) is 0 Å². The number of rotatable bonds is 10. The number of hydrogen-bond donors (Lipinski definition) is 6. The highest BCUT2D eigenvalue weighted by Crippen LogP contribution is 2.57. The molecular formula is C20H25FN10O9P2S2. The van der Waals surface area contributed by atoms with E-state index in [0.717, 1.165) is 10.9 Å². The number of aliphatic hydroxyl groups is 1. The van der Waals surface area contributed by atoms with E-state index in [9.17, 15) is 19.0 Å². The number of alkyl halides is 1. The highest BCUT2D eigenvalue weighted by atomic mass is 32.7. The summed E-state index contributed by atoms with van der Waals surface area (Å²) in [5.74, 6) is -0.145. The summed E-state index contributed by atoms with van der Waals surface area (Å²) in [5, 5.41) is 13.8. The largest absolute Gasteiger partial charge is 0.394 e. The molecular weight excluding hydrogens is 669 g/mol. The van der Waals surface area contributed by atoms with Crippen LogP contribution >= 0.6 is 38.5 Å². The monoisotopic (exact) mass is 694 g/mol. The van der Waals surface area contributed by atoms with Crippen molar-refractivity contribution >= 4 is 67.2 Å². The molecule has 0 aromatic carbocycles. The van der Waals surface area contributed by atoms with Gasteiger partial charge >= 0.3 is 6.80 Å². The Kier molecular flexibility index (Phi) is 8.74. The molecule has 2 aliphatic heterocycles. The molecule has 0 amide bonds. The fourth-order valence-electron chi connectivity index (χ4n) is 5.05. The molecule has 0 radical (unpaired) electrons. The topological polar surface area (TPSA) is 259 Å². The molecule has 238 valence electrons. The third-order valence-corrected chi connectivity index (χ3v) is 9.42. The number of aromatic nitrogens is 8. The van der Waals surface area contributed by atoms with Gasteiger partial charge in [-0.3, -0.25) is 28.0 Å². The van der Waals surface area contributed by atoms with E-state index in [1.165, 1.54) is 17.0 Å². The number of fused-ring (bicyclic) bond motifs is 2. The molecule has 0 spiro atoms. The fourth-order valence-corrected chi connectivity index (χ4v) is 7.42. The zero-order valence-corrected chi connectivity index (χ0v) is 25.8. The first-order valence-electron chi connectivity index (χ1n) is 12.7. The minimum atomic E-state index is -4.41. The maximum Gasteiger partial charge on any atom is 0.386 e. The lowest BCUT2D eigenvalue weighted by molar-refractivity contribution is -0.0485. The quantitative estimate of drug-likeness (QED) is 0.0982. The Balaban J connectivity index is 1.20. The predicted octanol–water partition coefficient (Wildman–Crippen LogP) is 0.624. The molecule has 24 heteroatoms. The Hall–Kier alpha value is -2.65. The van der Waals surface area contributed by atoms with Crippen LogP contribution in [0.2, 0.25) is 0 Å². The summed E-state index contributed by atoms with van der Waals surface area (Å²) >= 11 is 7.88. The third-order valence-electron chi connectivity index (χ3n) is 6.98. The molecule has 2 unspecified atom stereocenters. The second-order valence-electron chi connectivity index (χ2n) is 9.69. The zero-order chi connectivity index (χ0) is 31.3. The average Bonchev–Trinajstić information content (AvgIpc) is 3.73. The highest BCUT2D eigenvalue weighted by Gasteiger charge is 2.50. The number of nitrogens with two attached hydrogens (primary N) is 2. The van der Waals surface area contributed by atoms with Crippen molar-refractivity contribution < 1.29 is 41.7 Å². The van der Waals surface area contributed by atoms with Crippen LogP contribution in [0.5, 0.6) is 0 Å². The van der Waals surface area contributed by atoms with Gasteiger partial charge in [-0.15, -0.1) is 0 Å². The van der Waals surface area contributed by atoms with Gasteiger partial charge in [-0.25, -0.2) is 23.9 Å². The Labute approximate surface area is 256 Å². The van der Waals surface area contributed by atoms with Crippen molar-refractivity contribution in [3.63, 3.8) is 0 Å². The van der Waals surface area contributed by atoms with Crippen LogP contribution in [0.1, 0.15) is 24.3 Å². The molecule has 4 aromatic rings. The summed E-state index contributed by atoms with van der Waals surface area (Å²) in [6.45, 7) is -5.61. The summed E-state index contributed by atoms with van der Waals surface area (Å²) < 4.78 is 71.3. The molecule has 0 saturated carbocycles. The van der Waals surface area contributed by atoms with Gasteiger partial charge in [0.2, 0.25) is 19.1 Å². The number of aliphatic hydroxyl groups excluding tert-OH is 1. The Morgan fingerprint density at radius 3 is 2.80 bits per heavy atom. The van der Waals surface area contributed by atoms with Crippen molar-refractivity contribution in [2.75, 3.05) is 24.7 Å². The number of nitrogens with zero attached hydrogens (tertiary/aromatic N) is 7. The molecule has 2 aliphatic rings. The maximum absolute atomic E-state index is 15.4. The van der Waals surface area contributed by atoms with Gasteiger partial charge in [-0.1, -0.05) is 24.5 Å². The van der Waals surface area contributed by atoms with Crippen LogP contribution in [0, 0.1) is 0 Å². The van der Waals surface area contributed by atoms with Gasteiger partial charge in [0.15, 0.2) is 29.2 Å². The van der Waals surface area contributed by atoms with Crippen LogP contribution in [0.4, 0.5) is 16.3 Å². The Bertz CT molecular complexity index is 1830. The van der Waals surface area contributed by atoms with Gasteiger partial charge in [0, 0.05) is 12.0 Å². The number of hydrogen-bond acceptors (Lipinski definition) is 16. The molecule has 44 heavy (non-hydrogen) atoms. The number of nitrogen functional groups attached to an aromatic ring is 2. The zero-order valence-electron chi connectivity index (χ0n) is 22.1. The third kappa shape index (κ3) is 5.98. The number of thiol groups is 2. The van der Waals surface area contributed by atoms with Crippen LogP contribution in [0.3, 0.4) is 0 Å². The van der Waals surface area contributed by atoms with Gasteiger partial charge in [0.1, 0.15) is 24.6 Å². The van der Waals surface area contributed by atoms with Gasteiger partial charge in [0.25, 0.3) is 5.56 Å².